The second-order valence-electron chi connectivity index (χ2n) is 5.85. The Morgan fingerprint density at radius 2 is 2.11 bits per heavy atom. The van der Waals surface area contributed by atoms with Gasteiger partial charge in [0.25, 0.3) is 0 Å². The highest BCUT2D eigenvalue weighted by molar-refractivity contribution is 5.72. The minimum atomic E-state index is -0.244. The number of nitrogens with two attached hydrogens (primary N) is 1. The maximum absolute atomic E-state index is 11.4. The summed E-state index contributed by atoms with van der Waals surface area (Å²) in [6, 6.07) is 8.90. The van der Waals surface area contributed by atoms with E-state index in [2.05, 4.69) is 24.3 Å². The largest absolute Gasteiger partial charge is 0.351 e. The highest BCUT2D eigenvalue weighted by Crippen LogP contribution is 2.37. The van der Waals surface area contributed by atoms with Crippen molar-refractivity contribution in [1.82, 2.24) is 4.90 Å². The van der Waals surface area contributed by atoms with Gasteiger partial charge in [0.1, 0.15) is 0 Å². The van der Waals surface area contributed by atoms with Crippen LogP contribution in [0.25, 0.3) is 0 Å². The maximum Gasteiger partial charge on any atom is 0.315 e. The molecule has 3 nitrogen and oxygen atoms in total. The lowest BCUT2D eigenvalue weighted by atomic mass is 9.79. The van der Waals surface area contributed by atoms with Gasteiger partial charge >= 0.3 is 6.03 Å². The maximum atomic E-state index is 11.4. The Balaban J connectivity index is 1.76. The number of rotatable bonds is 2. The molecule has 1 heterocycles. The van der Waals surface area contributed by atoms with E-state index in [-0.39, 0.29) is 6.03 Å². The number of carbonyl (C=O) groups excluding carboxylic acids is 1. The standard InChI is InChI=1S/C16H22N2O/c17-16(19)18-10-4-8-14(18)11-13-7-3-6-12-5-1-2-9-15(12)13/h1-2,5,9,13-14H,3-4,6-8,10-11H2,(H2,17,19)/t13-,14-/m0/s1. The van der Waals surface area contributed by atoms with Gasteiger partial charge in [-0.3, -0.25) is 0 Å². The summed E-state index contributed by atoms with van der Waals surface area (Å²) >= 11 is 0. The average Bonchev–Trinajstić information content (AvgIpc) is 2.87. The summed E-state index contributed by atoms with van der Waals surface area (Å²) in [7, 11) is 0. The van der Waals surface area contributed by atoms with Crippen molar-refractivity contribution in [1.29, 1.82) is 0 Å². The van der Waals surface area contributed by atoms with Crippen LogP contribution in [0, 0.1) is 0 Å². The summed E-state index contributed by atoms with van der Waals surface area (Å²) in [6.45, 7) is 0.842. The molecule has 1 aliphatic carbocycles. The molecule has 0 bridgehead atoms. The van der Waals surface area contributed by atoms with Crippen LogP contribution < -0.4 is 5.73 Å². The van der Waals surface area contributed by atoms with Crippen molar-refractivity contribution in [3.05, 3.63) is 35.4 Å². The Kier molecular flexibility index (Phi) is 3.45. The van der Waals surface area contributed by atoms with Gasteiger partial charge in [-0.05, 0) is 55.6 Å². The summed E-state index contributed by atoms with van der Waals surface area (Å²) < 4.78 is 0. The van der Waals surface area contributed by atoms with E-state index in [9.17, 15) is 4.79 Å². The number of urea groups is 1. The van der Waals surface area contributed by atoms with Gasteiger partial charge < -0.3 is 10.6 Å². The van der Waals surface area contributed by atoms with E-state index in [1.807, 2.05) is 4.90 Å². The quantitative estimate of drug-likeness (QED) is 0.870. The van der Waals surface area contributed by atoms with E-state index < -0.39 is 0 Å². The number of amides is 2. The van der Waals surface area contributed by atoms with Crippen molar-refractivity contribution in [2.45, 2.75) is 50.5 Å². The SMILES string of the molecule is NC(=O)N1CCC[C@H]1C[C@@H]1CCCc2ccccc21. The third-order valence-electron chi connectivity index (χ3n) is 4.71. The fourth-order valence-electron chi connectivity index (χ4n) is 3.80. The lowest BCUT2D eigenvalue weighted by molar-refractivity contribution is 0.196. The number of hydrogen-bond donors (Lipinski definition) is 1. The molecule has 102 valence electrons. The number of nitrogens with zero attached hydrogens (tertiary/aromatic N) is 1. The van der Waals surface area contributed by atoms with Crippen molar-refractivity contribution < 1.29 is 4.79 Å². The first kappa shape index (κ1) is 12.5. The van der Waals surface area contributed by atoms with E-state index in [1.165, 1.54) is 30.4 Å². The van der Waals surface area contributed by atoms with Crippen LogP contribution in [0.1, 0.15) is 49.1 Å². The molecule has 1 aromatic carbocycles. The molecule has 2 N–H and O–H groups in total. The molecular weight excluding hydrogens is 236 g/mol. The molecule has 2 aliphatic rings. The van der Waals surface area contributed by atoms with Crippen molar-refractivity contribution in [3.63, 3.8) is 0 Å². The lowest BCUT2D eigenvalue weighted by Gasteiger charge is -2.31. The number of hydrogen-bond acceptors (Lipinski definition) is 1. The summed E-state index contributed by atoms with van der Waals surface area (Å²) in [4.78, 5) is 13.3. The van der Waals surface area contributed by atoms with Gasteiger partial charge in [-0.15, -0.1) is 0 Å². The number of primary amides is 1. The number of likely N-dealkylation sites (tertiary alicyclic amines) is 1. The van der Waals surface area contributed by atoms with Gasteiger partial charge in [-0.25, -0.2) is 4.79 Å². The van der Waals surface area contributed by atoms with Gasteiger partial charge in [0.05, 0.1) is 0 Å². The molecule has 0 unspecified atom stereocenters. The van der Waals surface area contributed by atoms with Crippen LogP contribution in [0.2, 0.25) is 0 Å². The first-order valence-corrected chi connectivity index (χ1v) is 7.39. The lowest BCUT2D eigenvalue weighted by Crippen LogP contribution is -2.40. The first-order valence-electron chi connectivity index (χ1n) is 7.39. The first-order chi connectivity index (χ1) is 9.25. The average molecular weight is 258 g/mol. The molecule has 1 saturated heterocycles. The zero-order valence-corrected chi connectivity index (χ0v) is 11.3. The molecule has 2 amide bonds. The Morgan fingerprint density at radius 1 is 1.26 bits per heavy atom. The molecule has 0 spiro atoms. The topological polar surface area (TPSA) is 46.3 Å². The van der Waals surface area contributed by atoms with E-state index in [0.29, 0.717) is 12.0 Å². The summed E-state index contributed by atoms with van der Waals surface area (Å²) in [5.74, 6) is 0.606. The van der Waals surface area contributed by atoms with Crippen molar-refractivity contribution in [2.24, 2.45) is 5.73 Å². The minimum absolute atomic E-state index is 0.244. The second-order valence-corrected chi connectivity index (χ2v) is 5.85. The molecule has 0 saturated carbocycles. The minimum Gasteiger partial charge on any atom is -0.351 e. The fourth-order valence-corrected chi connectivity index (χ4v) is 3.80. The molecule has 19 heavy (non-hydrogen) atoms. The molecule has 2 atom stereocenters. The van der Waals surface area contributed by atoms with Crippen LogP contribution in [0.15, 0.2) is 24.3 Å². The molecule has 3 rings (SSSR count). The molecule has 1 aromatic rings. The normalized spacial score (nSPS) is 26.2. The summed E-state index contributed by atoms with van der Waals surface area (Å²) in [6.07, 6.45) is 7.02. The van der Waals surface area contributed by atoms with Gasteiger partial charge in [0.2, 0.25) is 0 Å². The van der Waals surface area contributed by atoms with Gasteiger partial charge in [0.15, 0.2) is 0 Å². The zero-order chi connectivity index (χ0) is 13.2. The van der Waals surface area contributed by atoms with Crippen LogP contribution in [0.3, 0.4) is 0 Å². The number of fused-ring (bicyclic) bond motifs is 1. The van der Waals surface area contributed by atoms with Gasteiger partial charge in [-0.2, -0.15) is 0 Å². The predicted molar refractivity (Wildman–Crippen MR) is 76.0 cm³/mol. The van der Waals surface area contributed by atoms with Crippen LogP contribution in [0.4, 0.5) is 4.79 Å². The van der Waals surface area contributed by atoms with Crippen molar-refractivity contribution in [2.75, 3.05) is 6.54 Å². The van der Waals surface area contributed by atoms with Crippen molar-refractivity contribution >= 4 is 6.03 Å². The summed E-state index contributed by atoms with van der Waals surface area (Å²) in [5.41, 5.74) is 8.48. The van der Waals surface area contributed by atoms with Crippen molar-refractivity contribution in [3.8, 4) is 0 Å². The van der Waals surface area contributed by atoms with Gasteiger partial charge in [0, 0.05) is 12.6 Å². The summed E-state index contributed by atoms with van der Waals surface area (Å²) in [5, 5.41) is 0. The van der Waals surface area contributed by atoms with E-state index >= 15 is 0 Å². The second kappa shape index (κ2) is 5.24. The monoisotopic (exact) mass is 258 g/mol. The van der Waals surface area contributed by atoms with Gasteiger partial charge in [-0.1, -0.05) is 24.3 Å². The van der Waals surface area contributed by atoms with E-state index in [0.717, 1.165) is 25.8 Å². The molecule has 0 radical (unpaired) electrons. The van der Waals surface area contributed by atoms with Crippen LogP contribution in [-0.2, 0) is 6.42 Å². The molecule has 1 aliphatic heterocycles. The Bertz CT molecular complexity index is 472. The Hall–Kier alpha value is -1.51. The van der Waals surface area contributed by atoms with E-state index in [1.54, 1.807) is 0 Å². The molecular formula is C16H22N2O. The van der Waals surface area contributed by atoms with Crippen LogP contribution in [-0.4, -0.2) is 23.5 Å². The fraction of sp³-hybridized carbons (Fsp3) is 0.562. The highest BCUT2D eigenvalue weighted by Gasteiger charge is 2.31. The molecule has 3 heteroatoms. The molecule has 0 aromatic heterocycles. The van der Waals surface area contributed by atoms with Crippen LogP contribution >= 0.6 is 0 Å². The van der Waals surface area contributed by atoms with E-state index in [4.69, 9.17) is 5.73 Å². The third kappa shape index (κ3) is 2.46. The Morgan fingerprint density at radius 3 is 2.95 bits per heavy atom. The smallest absolute Gasteiger partial charge is 0.315 e. The number of benzene rings is 1. The van der Waals surface area contributed by atoms with Crippen LogP contribution in [0.5, 0.6) is 0 Å². The molecule has 1 fully saturated rings. The zero-order valence-electron chi connectivity index (χ0n) is 11.3. The predicted octanol–water partition coefficient (Wildman–Crippen LogP) is 3.04. The highest BCUT2D eigenvalue weighted by atomic mass is 16.2. The number of carbonyl (C=O) groups is 1. The third-order valence-corrected chi connectivity index (χ3v) is 4.71. The number of aryl methyl sites for hydroxylation is 1. The Labute approximate surface area is 114 Å².